The zero-order valence-electron chi connectivity index (χ0n) is 16.5. The number of nitrogens with two attached hydrogens (primary N) is 1. The van der Waals surface area contributed by atoms with Crippen LogP contribution >= 0.6 is 0 Å². The molecular weight excluding hydrogens is 402 g/mol. The first-order valence-corrected chi connectivity index (χ1v) is 9.63. The van der Waals surface area contributed by atoms with E-state index in [9.17, 15) is 29.1 Å². The fraction of sp³-hybridized carbons (Fsp3) is 0.227. The molecule has 0 spiro atoms. The second kappa shape index (κ2) is 9.31. The summed E-state index contributed by atoms with van der Waals surface area (Å²) < 4.78 is 0. The van der Waals surface area contributed by atoms with Crippen LogP contribution in [0.25, 0.3) is 0 Å². The van der Waals surface area contributed by atoms with Gasteiger partial charge < -0.3 is 15.6 Å². The molecule has 1 heterocycles. The van der Waals surface area contributed by atoms with Crippen LogP contribution in [-0.2, 0) is 20.8 Å². The lowest BCUT2D eigenvalue weighted by atomic mass is 10.0. The highest BCUT2D eigenvalue weighted by molar-refractivity contribution is 6.22. The van der Waals surface area contributed by atoms with Gasteiger partial charge in [0.05, 0.1) is 17.2 Å². The molecule has 160 valence electrons. The van der Waals surface area contributed by atoms with Crippen LogP contribution in [-0.4, -0.2) is 57.2 Å². The summed E-state index contributed by atoms with van der Waals surface area (Å²) in [5.41, 5.74) is 6.92. The number of benzene rings is 2. The highest BCUT2D eigenvalue weighted by Crippen LogP contribution is 2.27. The first kappa shape index (κ1) is 21.8. The minimum absolute atomic E-state index is 0.0569. The molecule has 0 aromatic heterocycles. The second-order valence-electron chi connectivity index (χ2n) is 7.04. The number of carbonyl (C=O) groups excluding carboxylic acids is 4. The van der Waals surface area contributed by atoms with E-state index in [2.05, 4.69) is 0 Å². The maximum absolute atomic E-state index is 13.3. The topological polar surface area (TPSA) is 138 Å². The number of carbonyl (C=O) groups is 5. The monoisotopic (exact) mass is 423 g/mol. The number of rotatable bonds is 9. The van der Waals surface area contributed by atoms with Gasteiger partial charge in [0, 0.05) is 6.42 Å². The summed E-state index contributed by atoms with van der Waals surface area (Å²) in [6.07, 6.45) is 0.109. The van der Waals surface area contributed by atoms with E-state index >= 15 is 0 Å². The van der Waals surface area contributed by atoms with Gasteiger partial charge >= 0.3 is 5.97 Å². The van der Waals surface area contributed by atoms with Crippen LogP contribution < -0.4 is 5.73 Å². The third-order valence-electron chi connectivity index (χ3n) is 4.97. The van der Waals surface area contributed by atoms with Crippen LogP contribution in [0.3, 0.4) is 0 Å². The molecule has 3 amide bonds. The Morgan fingerprint density at radius 2 is 1.55 bits per heavy atom. The summed E-state index contributed by atoms with van der Waals surface area (Å²) in [6, 6.07) is 11.9. The normalized spacial score (nSPS) is 14.7. The summed E-state index contributed by atoms with van der Waals surface area (Å²) in [5.74, 6) is -4.01. The number of carboxylic acid groups (broad SMARTS) is 1. The van der Waals surface area contributed by atoms with E-state index in [0.717, 1.165) is 5.56 Å². The molecule has 31 heavy (non-hydrogen) atoms. The number of aliphatic carboxylic acids is 1. The number of hydrogen-bond acceptors (Lipinski definition) is 6. The van der Waals surface area contributed by atoms with Crippen molar-refractivity contribution in [3.63, 3.8) is 0 Å². The average Bonchev–Trinajstić information content (AvgIpc) is 3.01. The Bertz CT molecular complexity index is 988. The van der Waals surface area contributed by atoms with Crippen molar-refractivity contribution in [2.24, 2.45) is 5.73 Å². The number of fused-ring (bicyclic) bond motifs is 1. The molecule has 2 atom stereocenters. The molecule has 0 fully saturated rings. The van der Waals surface area contributed by atoms with Crippen LogP contribution in [0.4, 0.5) is 0 Å². The van der Waals surface area contributed by atoms with Gasteiger partial charge in [-0.2, -0.15) is 5.01 Å². The number of carboxylic acids is 1. The predicted molar refractivity (Wildman–Crippen MR) is 109 cm³/mol. The molecule has 3 N–H and O–H groups in total. The van der Waals surface area contributed by atoms with Crippen molar-refractivity contribution in [3.8, 4) is 0 Å². The SMILES string of the molecule is NC(Cc1ccccc1)C(=O)N(C(CCC=O)C(=O)O)N1C(=O)c2ccccc2C1=O. The minimum Gasteiger partial charge on any atom is -0.480 e. The summed E-state index contributed by atoms with van der Waals surface area (Å²) in [4.78, 5) is 62.0. The number of hydrogen-bond donors (Lipinski definition) is 2. The highest BCUT2D eigenvalue weighted by Gasteiger charge is 2.46. The Labute approximate surface area is 178 Å². The van der Waals surface area contributed by atoms with Crippen molar-refractivity contribution in [1.82, 2.24) is 10.0 Å². The van der Waals surface area contributed by atoms with Crippen LogP contribution in [0.15, 0.2) is 54.6 Å². The van der Waals surface area contributed by atoms with Crippen molar-refractivity contribution in [2.45, 2.75) is 31.3 Å². The van der Waals surface area contributed by atoms with E-state index in [4.69, 9.17) is 5.73 Å². The van der Waals surface area contributed by atoms with E-state index in [-0.39, 0.29) is 30.4 Å². The maximum Gasteiger partial charge on any atom is 0.328 e. The smallest absolute Gasteiger partial charge is 0.328 e. The van der Waals surface area contributed by atoms with Crippen LogP contribution in [0.5, 0.6) is 0 Å². The number of nitrogens with zero attached hydrogens (tertiary/aromatic N) is 2. The van der Waals surface area contributed by atoms with Gasteiger partial charge in [0.15, 0.2) is 6.04 Å². The third kappa shape index (κ3) is 4.36. The molecule has 1 aliphatic heterocycles. The lowest BCUT2D eigenvalue weighted by molar-refractivity contribution is -0.161. The number of amides is 3. The molecule has 0 radical (unpaired) electrons. The molecular formula is C22H21N3O6. The Balaban J connectivity index is 2.00. The summed E-state index contributed by atoms with van der Waals surface area (Å²) in [7, 11) is 0. The molecule has 2 aromatic carbocycles. The molecule has 0 bridgehead atoms. The Kier molecular flexibility index (Phi) is 6.56. The van der Waals surface area contributed by atoms with Gasteiger partial charge in [-0.3, -0.25) is 14.4 Å². The maximum atomic E-state index is 13.3. The van der Waals surface area contributed by atoms with Gasteiger partial charge in [-0.15, -0.1) is 0 Å². The Morgan fingerprint density at radius 1 is 1.00 bits per heavy atom. The molecule has 1 aliphatic rings. The van der Waals surface area contributed by atoms with Crippen LogP contribution in [0.1, 0.15) is 39.1 Å². The standard InChI is InChI=1S/C22H21N3O6/c23-17(13-14-7-2-1-3-8-14)21(29)24(18(22(30)31)11-6-12-26)25-19(27)15-9-4-5-10-16(15)20(25)28/h1-5,7-10,12,17-18H,6,11,13,23H2,(H,30,31). The van der Waals surface area contributed by atoms with E-state index in [1.54, 1.807) is 42.5 Å². The number of aldehydes is 1. The predicted octanol–water partition coefficient (Wildman–Crippen LogP) is 1.03. The molecule has 0 aliphatic carbocycles. The molecule has 9 nitrogen and oxygen atoms in total. The molecule has 2 aromatic rings. The molecule has 0 saturated heterocycles. The summed E-state index contributed by atoms with van der Waals surface area (Å²) in [5, 5.41) is 10.9. The molecule has 2 unspecified atom stereocenters. The van der Waals surface area contributed by atoms with Gasteiger partial charge in [-0.25, -0.2) is 9.80 Å². The zero-order valence-corrected chi connectivity index (χ0v) is 16.5. The van der Waals surface area contributed by atoms with Crippen LogP contribution in [0.2, 0.25) is 0 Å². The minimum atomic E-state index is -1.62. The van der Waals surface area contributed by atoms with Gasteiger partial charge in [0.2, 0.25) is 0 Å². The van der Waals surface area contributed by atoms with Crippen molar-refractivity contribution >= 4 is 30.0 Å². The fourth-order valence-corrected chi connectivity index (χ4v) is 3.47. The zero-order chi connectivity index (χ0) is 22.5. The van der Waals surface area contributed by atoms with Gasteiger partial charge in [-0.1, -0.05) is 42.5 Å². The van der Waals surface area contributed by atoms with Gasteiger partial charge in [0.25, 0.3) is 17.7 Å². The Morgan fingerprint density at radius 3 is 2.06 bits per heavy atom. The highest BCUT2D eigenvalue weighted by atomic mass is 16.4. The molecule has 9 heteroatoms. The summed E-state index contributed by atoms with van der Waals surface area (Å²) >= 11 is 0. The van der Waals surface area contributed by atoms with Gasteiger partial charge in [-0.05, 0) is 30.5 Å². The van der Waals surface area contributed by atoms with Crippen molar-refractivity contribution in [2.75, 3.05) is 0 Å². The number of hydrazine groups is 1. The molecule has 0 saturated carbocycles. The Hall–Kier alpha value is -3.85. The van der Waals surface area contributed by atoms with Crippen molar-refractivity contribution in [1.29, 1.82) is 0 Å². The quantitative estimate of drug-likeness (QED) is 0.454. The van der Waals surface area contributed by atoms with E-state index in [0.29, 0.717) is 16.3 Å². The fourth-order valence-electron chi connectivity index (χ4n) is 3.47. The average molecular weight is 423 g/mol. The summed E-state index contributed by atoms with van der Waals surface area (Å²) in [6.45, 7) is 0. The van der Waals surface area contributed by atoms with Crippen LogP contribution in [0, 0.1) is 0 Å². The number of imide groups is 1. The van der Waals surface area contributed by atoms with Crippen molar-refractivity contribution < 1.29 is 29.1 Å². The molecule has 3 rings (SSSR count). The third-order valence-corrected chi connectivity index (χ3v) is 4.97. The second-order valence-corrected chi connectivity index (χ2v) is 7.04. The van der Waals surface area contributed by atoms with E-state index in [1.807, 2.05) is 0 Å². The van der Waals surface area contributed by atoms with Crippen molar-refractivity contribution in [3.05, 3.63) is 71.3 Å². The lowest BCUT2D eigenvalue weighted by Crippen LogP contribution is -2.61. The van der Waals surface area contributed by atoms with Gasteiger partial charge in [0.1, 0.15) is 6.29 Å². The largest absolute Gasteiger partial charge is 0.480 e. The first-order valence-electron chi connectivity index (χ1n) is 9.63. The lowest BCUT2D eigenvalue weighted by Gasteiger charge is -2.36. The van der Waals surface area contributed by atoms with E-state index in [1.165, 1.54) is 12.1 Å². The first-order chi connectivity index (χ1) is 14.9. The van der Waals surface area contributed by atoms with E-state index < -0.39 is 35.8 Å².